The largest absolute Gasteiger partial charge is 0.467 e. The van der Waals surface area contributed by atoms with Crippen molar-refractivity contribution < 1.29 is 19.1 Å². The molecule has 2 aliphatic rings. The van der Waals surface area contributed by atoms with Crippen molar-refractivity contribution in [3.63, 3.8) is 0 Å². The molecule has 2 amide bonds. The van der Waals surface area contributed by atoms with E-state index in [1.807, 2.05) is 0 Å². The van der Waals surface area contributed by atoms with Gasteiger partial charge in [-0.1, -0.05) is 38.5 Å². The van der Waals surface area contributed by atoms with E-state index in [0.29, 0.717) is 6.54 Å². The van der Waals surface area contributed by atoms with E-state index < -0.39 is 12.0 Å². The fourth-order valence-electron chi connectivity index (χ4n) is 3.93. The van der Waals surface area contributed by atoms with E-state index in [0.717, 1.165) is 45.1 Å². The standard InChI is InChI=1S/C20H35N3O4/c1-27-20(26)17(14-15-10-9-13-22-18(15)24)23-19(25)16-11-7-5-3-2-4-6-8-12-21-16/h15-17,21H,2-14H2,1H3,(H,22,24)(H,23,25)/t15-,16?,17-/m0/s1. The summed E-state index contributed by atoms with van der Waals surface area (Å²) < 4.78 is 4.87. The summed E-state index contributed by atoms with van der Waals surface area (Å²) in [6.07, 6.45) is 10.8. The number of hydrogen-bond acceptors (Lipinski definition) is 5. The maximum Gasteiger partial charge on any atom is 0.328 e. The molecule has 2 aliphatic heterocycles. The minimum atomic E-state index is -0.781. The molecule has 2 heterocycles. The maximum absolute atomic E-state index is 12.8. The topological polar surface area (TPSA) is 96.5 Å². The van der Waals surface area contributed by atoms with Crippen LogP contribution in [0.1, 0.15) is 70.6 Å². The summed E-state index contributed by atoms with van der Waals surface area (Å²) in [7, 11) is 1.31. The van der Waals surface area contributed by atoms with E-state index in [4.69, 9.17) is 4.74 Å². The van der Waals surface area contributed by atoms with Gasteiger partial charge in [-0.25, -0.2) is 4.79 Å². The molecule has 0 aromatic heterocycles. The summed E-state index contributed by atoms with van der Waals surface area (Å²) in [6, 6.07) is -1.08. The Kier molecular flexibility index (Phi) is 9.59. The van der Waals surface area contributed by atoms with E-state index in [1.54, 1.807) is 0 Å². The Labute approximate surface area is 162 Å². The third-order valence-corrected chi connectivity index (χ3v) is 5.60. The van der Waals surface area contributed by atoms with Gasteiger partial charge in [0.2, 0.25) is 11.8 Å². The van der Waals surface area contributed by atoms with Crippen LogP contribution in [0.2, 0.25) is 0 Å². The lowest BCUT2D eigenvalue weighted by Crippen LogP contribution is -2.52. The van der Waals surface area contributed by atoms with Gasteiger partial charge in [0.1, 0.15) is 6.04 Å². The van der Waals surface area contributed by atoms with Gasteiger partial charge in [-0.3, -0.25) is 9.59 Å². The summed E-state index contributed by atoms with van der Waals surface area (Å²) in [5.74, 6) is -0.958. The predicted octanol–water partition coefficient (Wildman–Crippen LogP) is 1.65. The molecule has 0 bridgehead atoms. The Bertz CT molecular complexity index is 486. The first-order valence-corrected chi connectivity index (χ1v) is 10.5. The van der Waals surface area contributed by atoms with Crippen LogP contribution < -0.4 is 16.0 Å². The molecular formula is C20H35N3O4. The molecule has 3 atom stereocenters. The zero-order valence-corrected chi connectivity index (χ0v) is 16.6. The quantitative estimate of drug-likeness (QED) is 0.629. The second kappa shape index (κ2) is 12.0. The number of amides is 2. The molecule has 7 nitrogen and oxygen atoms in total. The highest BCUT2D eigenvalue weighted by Crippen LogP contribution is 2.18. The molecule has 0 spiro atoms. The predicted molar refractivity (Wildman–Crippen MR) is 103 cm³/mol. The molecular weight excluding hydrogens is 346 g/mol. The Hall–Kier alpha value is -1.63. The van der Waals surface area contributed by atoms with E-state index in [9.17, 15) is 14.4 Å². The molecule has 2 rings (SSSR count). The van der Waals surface area contributed by atoms with Gasteiger partial charge in [0.05, 0.1) is 13.2 Å². The van der Waals surface area contributed by atoms with Gasteiger partial charge in [-0.15, -0.1) is 0 Å². The Morgan fingerprint density at radius 2 is 1.74 bits per heavy atom. The van der Waals surface area contributed by atoms with Gasteiger partial charge < -0.3 is 20.7 Å². The lowest BCUT2D eigenvalue weighted by molar-refractivity contribution is -0.146. The van der Waals surface area contributed by atoms with Crippen molar-refractivity contribution in [2.24, 2.45) is 5.92 Å². The number of carbonyl (C=O) groups excluding carboxylic acids is 3. The normalized spacial score (nSPS) is 26.2. The van der Waals surface area contributed by atoms with Crippen molar-refractivity contribution in [2.75, 3.05) is 20.2 Å². The van der Waals surface area contributed by atoms with Crippen molar-refractivity contribution in [1.82, 2.24) is 16.0 Å². The monoisotopic (exact) mass is 381 g/mol. The molecule has 2 saturated heterocycles. The minimum absolute atomic E-state index is 0.0440. The Morgan fingerprint density at radius 1 is 1.04 bits per heavy atom. The Morgan fingerprint density at radius 3 is 2.44 bits per heavy atom. The van der Waals surface area contributed by atoms with Crippen LogP contribution >= 0.6 is 0 Å². The number of piperidine rings is 1. The van der Waals surface area contributed by atoms with Crippen LogP contribution in [0.25, 0.3) is 0 Å². The van der Waals surface area contributed by atoms with Crippen LogP contribution in [0.4, 0.5) is 0 Å². The number of rotatable bonds is 5. The third kappa shape index (κ3) is 7.48. The van der Waals surface area contributed by atoms with Crippen LogP contribution in [-0.4, -0.2) is 50.1 Å². The fourth-order valence-corrected chi connectivity index (χ4v) is 3.93. The van der Waals surface area contributed by atoms with Gasteiger partial charge in [0.15, 0.2) is 0 Å². The van der Waals surface area contributed by atoms with Crippen molar-refractivity contribution in [2.45, 2.75) is 82.7 Å². The van der Waals surface area contributed by atoms with Gasteiger partial charge in [0.25, 0.3) is 0 Å². The SMILES string of the molecule is COC(=O)[C@H](C[C@@H]1CCCNC1=O)NC(=O)C1CCCCCCCCCN1. The first-order chi connectivity index (χ1) is 13.1. The molecule has 154 valence electrons. The van der Waals surface area contributed by atoms with Crippen molar-refractivity contribution in [3.8, 4) is 0 Å². The van der Waals surface area contributed by atoms with Crippen molar-refractivity contribution in [1.29, 1.82) is 0 Å². The second-order valence-electron chi connectivity index (χ2n) is 7.72. The first kappa shape index (κ1) is 21.7. The summed E-state index contributed by atoms with van der Waals surface area (Å²) in [6.45, 7) is 1.49. The lowest BCUT2D eigenvalue weighted by atomic mass is 9.91. The average molecular weight is 382 g/mol. The summed E-state index contributed by atoms with van der Waals surface area (Å²) >= 11 is 0. The molecule has 1 unspecified atom stereocenters. The van der Waals surface area contributed by atoms with Gasteiger partial charge >= 0.3 is 5.97 Å². The van der Waals surface area contributed by atoms with Gasteiger partial charge in [-0.2, -0.15) is 0 Å². The molecule has 0 aromatic rings. The number of methoxy groups -OCH3 is 1. The number of esters is 1. The molecule has 27 heavy (non-hydrogen) atoms. The summed E-state index contributed by atoms with van der Waals surface area (Å²) in [4.78, 5) is 37.0. The number of nitrogens with one attached hydrogen (secondary N) is 3. The molecule has 0 aromatic carbocycles. The molecule has 0 aliphatic carbocycles. The van der Waals surface area contributed by atoms with Crippen LogP contribution in [0.3, 0.4) is 0 Å². The number of carbonyl (C=O) groups is 3. The van der Waals surface area contributed by atoms with Gasteiger partial charge in [-0.05, 0) is 38.6 Å². The van der Waals surface area contributed by atoms with Crippen LogP contribution in [0.15, 0.2) is 0 Å². The zero-order chi connectivity index (χ0) is 19.5. The molecule has 3 N–H and O–H groups in total. The van der Waals surface area contributed by atoms with Crippen molar-refractivity contribution >= 4 is 17.8 Å². The van der Waals surface area contributed by atoms with E-state index >= 15 is 0 Å². The maximum atomic E-state index is 12.8. The van der Waals surface area contributed by atoms with E-state index in [-0.39, 0.29) is 30.2 Å². The van der Waals surface area contributed by atoms with Gasteiger partial charge in [0, 0.05) is 12.5 Å². The van der Waals surface area contributed by atoms with Crippen molar-refractivity contribution in [3.05, 3.63) is 0 Å². The highest BCUT2D eigenvalue weighted by molar-refractivity contribution is 5.88. The van der Waals surface area contributed by atoms with E-state index in [1.165, 1.54) is 32.8 Å². The second-order valence-corrected chi connectivity index (χ2v) is 7.72. The molecule has 0 saturated carbocycles. The minimum Gasteiger partial charge on any atom is -0.467 e. The zero-order valence-electron chi connectivity index (χ0n) is 16.6. The molecule has 2 fully saturated rings. The highest BCUT2D eigenvalue weighted by Gasteiger charge is 2.32. The highest BCUT2D eigenvalue weighted by atomic mass is 16.5. The Balaban J connectivity index is 1.95. The smallest absolute Gasteiger partial charge is 0.328 e. The molecule has 7 heteroatoms. The first-order valence-electron chi connectivity index (χ1n) is 10.5. The van der Waals surface area contributed by atoms with E-state index in [2.05, 4.69) is 16.0 Å². The number of hydrogen-bond donors (Lipinski definition) is 3. The number of ether oxygens (including phenoxy) is 1. The summed E-state index contributed by atoms with van der Waals surface area (Å²) in [5.41, 5.74) is 0. The average Bonchev–Trinajstić information content (AvgIpc) is 2.74. The molecule has 0 radical (unpaired) electrons. The fraction of sp³-hybridized carbons (Fsp3) is 0.850. The van der Waals surface area contributed by atoms with Crippen LogP contribution in [-0.2, 0) is 19.1 Å². The van der Waals surface area contributed by atoms with Crippen LogP contribution in [0.5, 0.6) is 0 Å². The summed E-state index contributed by atoms with van der Waals surface area (Å²) in [5, 5.41) is 9.03. The lowest BCUT2D eigenvalue weighted by Gasteiger charge is -2.27. The third-order valence-electron chi connectivity index (χ3n) is 5.60. The van der Waals surface area contributed by atoms with Crippen LogP contribution in [0, 0.1) is 5.92 Å².